The average molecular weight is 356 g/mol. The van der Waals surface area contributed by atoms with Crippen LogP contribution >= 0.6 is 0 Å². The number of nitrogens with zero attached hydrogens (tertiary/aromatic N) is 2. The van der Waals surface area contributed by atoms with Crippen LogP contribution in [-0.4, -0.2) is 30.6 Å². The summed E-state index contributed by atoms with van der Waals surface area (Å²) in [4.78, 5) is 8.87. The second-order valence-electron chi connectivity index (χ2n) is 5.63. The number of guanidine groups is 1. The molecule has 2 rings (SSSR count). The first-order valence-corrected chi connectivity index (χ1v) is 9.13. The van der Waals surface area contributed by atoms with Gasteiger partial charge in [0.1, 0.15) is 11.5 Å². The molecule has 0 bridgehead atoms. The van der Waals surface area contributed by atoms with E-state index < -0.39 is 0 Å². The van der Waals surface area contributed by atoms with E-state index in [2.05, 4.69) is 34.5 Å². The number of aliphatic imine (C=N–C) groups is 1. The summed E-state index contributed by atoms with van der Waals surface area (Å²) in [6, 6.07) is 11.4. The molecule has 0 aliphatic heterocycles. The van der Waals surface area contributed by atoms with Gasteiger partial charge in [-0.2, -0.15) is 0 Å². The lowest BCUT2D eigenvalue weighted by Crippen LogP contribution is -2.37. The van der Waals surface area contributed by atoms with Crippen LogP contribution in [0.4, 0.5) is 0 Å². The molecule has 140 valence electrons. The summed E-state index contributed by atoms with van der Waals surface area (Å²) in [5, 5.41) is 6.53. The monoisotopic (exact) mass is 356 g/mol. The Morgan fingerprint density at radius 3 is 2.50 bits per heavy atom. The van der Waals surface area contributed by atoms with E-state index >= 15 is 0 Å². The standard InChI is InChI=1S/C20H28N4O2/c1-4-12-23-20(21-5-2)24-15-16-11-13-22-19(14-16)26-18-9-7-17(8-10-18)25-6-3/h7-11,13-14H,4-6,12,15H2,1-3H3,(H2,21,23,24). The summed E-state index contributed by atoms with van der Waals surface area (Å²) < 4.78 is 11.3. The molecule has 0 saturated carbocycles. The van der Waals surface area contributed by atoms with E-state index in [1.165, 1.54) is 0 Å². The molecule has 1 heterocycles. The third-order valence-electron chi connectivity index (χ3n) is 3.46. The van der Waals surface area contributed by atoms with Crippen LogP contribution in [0.15, 0.2) is 47.6 Å². The third-order valence-corrected chi connectivity index (χ3v) is 3.46. The maximum atomic E-state index is 5.82. The molecule has 0 radical (unpaired) electrons. The van der Waals surface area contributed by atoms with E-state index in [4.69, 9.17) is 9.47 Å². The molecular formula is C20H28N4O2. The van der Waals surface area contributed by atoms with E-state index in [9.17, 15) is 0 Å². The predicted octanol–water partition coefficient (Wildman–Crippen LogP) is 3.74. The molecule has 0 fully saturated rings. The lowest BCUT2D eigenvalue weighted by molar-refractivity contribution is 0.339. The molecule has 0 aliphatic carbocycles. The first-order valence-electron chi connectivity index (χ1n) is 9.13. The highest BCUT2D eigenvalue weighted by molar-refractivity contribution is 5.79. The van der Waals surface area contributed by atoms with Crippen LogP contribution in [0.2, 0.25) is 0 Å². The minimum Gasteiger partial charge on any atom is -0.494 e. The third kappa shape index (κ3) is 6.63. The number of benzene rings is 1. The minimum atomic E-state index is 0.549. The summed E-state index contributed by atoms with van der Waals surface area (Å²) in [7, 11) is 0. The van der Waals surface area contributed by atoms with Gasteiger partial charge in [0.25, 0.3) is 0 Å². The molecule has 0 amide bonds. The number of hydrogen-bond donors (Lipinski definition) is 2. The molecule has 0 aliphatic rings. The summed E-state index contributed by atoms with van der Waals surface area (Å²) in [6.45, 7) is 9.07. The summed E-state index contributed by atoms with van der Waals surface area (Å²) in [5.41, 5.74) is 1.04. The maximum absolute atomic E-state index is 5.82. The van der Waals surface area contributed by atoms with Gasteiger partial charge in [-0.3, -0.25) is 0 Å². The Morgan fingerprint density at radius 1 is 1.04 bits per heavy atom. The number of ether oxygens (including phenoxy) is 2. The van der Waals surface area contributed by atoms with Gasteiger partial charge in [0.15, 0.2) is 5.96 Å². The summed E-state index contributed by atoms with van der Waals surface area (Å²) >= 11 is 0. The molecule has 0 saturated heterocycles. The second kappa shape index (κ2) is 11.0. The van der Waals surface area contributed by atoms with Gasteiger partial charge in [-0.05, 0) is 56.2 Å². The van der Waals surface area contributed by atoms with Gasteiger partial charge in [0, 0.05) is 25.4 Å². The van der Waals surface area contributed by atoms with E-state index in [1.807, 2.05) is 43.3 Å². The van der Waals surface area contributed by atoms with Crippen molar-refractivity contribution < 1.29 is 9.47 Å². The van der Waals surface area contributed by atoms with Gasteiger partial charge in [0.05, 0.1) is 13.2 Å². The van der Waals surface area contributed by atoms with Crippen molar-refractivity contribution >= 4 is 5.96 Å². The molecule has 0 unspecified atom stereocenters. The Bertz CT molecular complexity index is 686. The normalized spacial score (nSPS) is 11.1. The lowest BCUT2D eigenvalue weighted by atomic mass is 10.2. The zero-order chi connectivity index (χ0) is 18.6. The molecule has 2 N–H and O–H groups in total. The number of aromatic nitrogens is 1. The highest BCUT2D eigenvalue weighted by atomic mass is 16.5. The van der Waals surface area contributed by atoms with Crippen LogP contribution in [0.3, 0.4) is 0 Å². The van der Waals surface area contributed by atoms with Crippen LogP contribution in [0, 0.1) is 0 Å². The second-order valence-corrected chi connectivity index (χ2v) is 5.63. The molecule has 6 nitrogen and oxygen atoms in total. The van der Waals surface area contributed by atoms with Crippen molar-refractivity contribution in [2.24, 2.45) is 4.99 Å². The van der Waals surface area contributed by atoms with Gasteiger partial charge in [-0.15, -0.1) is 0 Å². The highest BCUT2D eigenvalue weighted by Gasteiger charge is 2.02. The molecular weight excluding hydrogens is 328 g/mol. The van der Waals surface area contributed by atoms with Crippen LogP contribution in [0.25, 0.3) is 0 Å². The zero-order valence-electron chi connectivity index (χ0n) is 15.8. The maximum Gasteiger partial charge on any atom is 0.219 e. The van der Waals surface area contributed by atoms with Crippen molar-refractivity contribution in [1.29, 1.82) is 0 Å². The van der Waals surface area contributed by atoms with Crippen molar-refractivity contribution in [2.45, 2.75) is 33.7 Å². The predicted molar refractivity (Wildman–Crippen MR) is 105 cm³/mol. The van der Waals surface area contributed by atoms with Gasteiger partial charge in [0.2, 0.25) is 5.88 Å². The topological polar surface area (TPSA) is 67.8 Å². The first-order chi connectivity index (χ1) is 12.7. The van der Waals surface area contributed by atoms with Gasteiger partial charge in [-0.1, -0.05) is 6.92 Å². The molecule has 1 aromatic carbocycles. The first kappa shape index (κ1) is 19.6. The van der Waals surface area contributed by atoms with E-state index in [-0.39, 0.29) is 0 Å². The Hall–Kier alpha value is -2.76. The quantitative estimate of drug-likeness (QED) is 0.529. The molecule has 6 heteroatoms. The Morgan fingerprint density at radius 2 is 1.81 bits per heavy atom. The minimum absolute atomic E-state index is 0.549. The summed E-state index contributed by atoms with van der Waals surface area (Å²) in [6.07, 6.45) is 2.79. The molecule has 0 atom stereocenters. The smallest absolute Gasteiger partial charge is 0.219 e. The fourth-order valence-corrected chi connectivity index (χ4v) is 2.25. The van der Waals surface area contributed by atoms with Crippen molar-refractivity contribution in [1.82, 2.24) is 15.6 Å². The Labute approximate surface area is 155 Å². The van der Waals surface area contributed by atoms with Crippen LogP contribution < -0.4 is 20.1 Å². The highest BCUT2D eigenvalue weighted by Crippen LogP contribution is 2.23. The number of pyridine rings is 1. The SMILES string of the molecule is CCCNC(=NCc1ccnc(Oc2ccc(OCC)cc2)c1)NCC. The van der Waals surface area contributed by atoms with Crippen molar-refractivity contribution in [3.8, 4) is 17.4 Å². The van der Waals surface area contributed by atoms with E-state index in [0.29, 0.717) is 19.0 Å². The fourth-order valence-electron chi connectivity index (χ4n) is 2.25. The molecule has 2 aromatic rings. The lowest BCUT2D eigenvalue weighted by Gasteiger charge is -2.10. The number of rotatable bonds is 9. The van der Waals surface area contributed by atoms with E-state index in [1.54, 1.807) is 6.20 Å². The fraction of sp³-hybridized carbons (Fsp3) is 0.400. The van der Waals surface area contributed by atoms with Gasteiger partial charge in [-0.25, -0.2) is 9.98 Å². The molecule has 1 aromatic heterocycles. The Balaban J connectivity index is 2.00. The van der Waals surface area contributed by atoms with Gasteiger partial charge < -0.3 is 20.1 Å². The number of nitrogens with one attached hydrogen (secondary N) is 2. The Kier molecular flexibility index (Phi) is 8.26. The number of hydrogen-bond acceptors (Lipinski definition) is 4. The van der Waals surface area contributed by atoms with Crippen LogP contribution in [-0.2, 0) is 6.54 Å². The summed E-state index contributed by atoms with van der Waals surface area (Å²) in [5.74, 6) is 2.92. The van der Waals surface area contributed by atoms with Crippen molar-refractivity contribution in [2.75, 3.05) is 19.7 Å². The average Bonchev–Trinajstić information content (AvgIpc) is 2.66. The zero-order valence-corrected chi connectivity index (χ0v) is 15.8. The van der Waals surface area contributed by atoms with Crippen molar-refractivity contribution in [3.63, 3.8) is 0 Å². The van der Waals surface area contributed by atoms with Gasteiger partial charge >= 0.3 is 0 Å². The van der Waals surface area contributed by atoms with Crippen molar-refractivity contribution in [3.05, 3.63) is 48.2 Å². The van der Waals surface area contributed by atoms with E-state index in [0.717, 1.165) is 42.5 Å². The van der Waals surface area contributed by atoms with Crippen LogP contribution in [0.1, 0.15) is 32.8 Å². The molecule has 0 spiro atoms. The van der Waals surface area contributed by atoms with Crippen LogP contribution in [0.5, 0.6) is 17.4 Å². The molecule has 26 heavy (non-hydrogen) atoms. The largest absolute Gasteiger partial charge is 0.494 e.